The molecule has 1 unspecified atom stereocenters. The van der Waals surface area contributed by atoms with Gasteiger partial charge in [-0.3, -0.25) is 4.79 Å². The Morgan fingerprint density at radius 3 is 2.83 bits per heavy atom. The van der Waals surface area contributed by atoms with E-state index in [1.807, 2.05) is 0 Å². The molecule has 1 aromatic carbocycles. The maximum absolute atomic E-state index is 13.2. The first kappa shape index (κ1) is 14.6. The van der Waals surface area contributed by atoms with Crippen LogP contribution in [-0.4, -0.2) is 23.7 Å². The van der Waals surface area contributed by atoms with Gasteiger partial charge in [0.15, 0.2) is 0 Å². The van der Waals surface area contributed by atoms with Crippen molar-refractivity contribution in [3.8, 4) is 0 Å². The number of hydrogen-bond acceptors (Lipinski definition) is 2. The molecule has 0 heterocycles. The van der Waals surface area contributed by atoms with E-state index in [-0.39, 0.29) is 24.3 Å². The van der Waals surface area contributed by atoms with Crippen LogP contribution in [0.2, 0.25) is 0 Å². The SMILES string of the molecule is CC(O)CCNC(=O)CCc1cc(F)ccc1F. The minimum atomic E-state index is -0.513. The molecule has 1 rings (SSSR count). The number of carbonyl (C=O) groups excluding carboxylic acids is 1. The molecule has 0 bridgehead atoms. The molecule has 3 nitrogen and oxygen atoms in total. The van der Waals surface area contributed by atoms with Crippen molar-refractivity contribution in [2.45, 2.75) is 32.3 Å². The summed E-state index contributed by atoms with van der Waals surface area (Å²) in [5.74, 6) is -1.26. The number of aliphatic hydroxyl groups excluding tert-OH is 1. The number of nitrogens with one attached hydrogen (secondary N) is 1. The van der Waals surface area contributed by atoms with Crippen molar-refractivity contribution < 1.29 is 18.7 Å². The summed E-state index contributed by atoms with van der Waals surface area (Å²) in [4.78, 5) is 11.4. The predicted molar refractivity (Wildman–Crippen MR) is 64.0 cm³/mol. The van der Waals surface area contributed by atoms with Crippen LogP contribution in [0.25, 0.3) is 0 Å². The van der Waals surface area contributed by atoms with Gasteiger partial charge in [-0.05, 0) is 43.5 Å². The Bertz CT molecular complexity index is 408. The summed E-state index contributed by atoms with van der Waals surface area (Å²) in [6, 6.07) is 3.19. The van der Waals surface area contributed by atoms with Gasteiger partial charge in [-0.25, -0.2) is 8.78 Å². The van der Waals surface area contributed by atoms with Crippen molar-refractivity contribution in [3.05, 3.63) is 35.4 Å². The highest BCUT2D eigenvalue weighted by Gasteiger charge is 2.07. The lowest BCUT2D eigenvalue weighted by Crippen LogP contribution is -2.26. The third-order valence-electron chi connectivity index (χ3n) is 2.51. The number of halogens is 2. The molecule has 18 heavy (non-hydrogen) atoms. The molecule has 0 saturated carbocycles. The van der Waals surface area contributed by atoms with E-state index in [2.05, 4.69) is 5.32 Å². The monoisotopic (exact) mass is 257 g/mol. The van der Waals surface area contributed by atoms with Gasteiger partial charge < -0.3 is 10.4 Å². The van der Waals surface area contributed by atoms with Crippen LogP contribution in [-0.2, 0) is 11.2 Å². The van der Waals surface area contributed by atoms with E-state index in [1.54, 1.807) is 6.92 Å². The molecule has 0 aliphatic carbocycles. The summed E-state index contributed by atoms with van der Waals surface area (Å²) in [6.45, 7) is 2.01. The number of amides is 1. The molecule has 0 spiro atoms. The molecule has 1 aromatic rings. The molecule has 0 saturated heterocycles. The third kappa shape index (κ3) is 5.23. The molecule has 2 N–H and O–H groups in total. The molecular weight excluding hydrogens is 240 g/mol. The van der Waals surface area contributed by atoms with E-state index in [4.69, 9.17) is 5.11 Å². The van der Waals surface area contributed by atoms with Crippen LogP contribution in [0.15, 0.2) is 18.2 Å². The van der Waals surface area contributed by atoms with Crippen LogP contribution in [0.3, 0.4) is 0 Å². The van der Waals surface area contributed by atoms with Crippen LogP contribution in [0.5, 0.6) is 0 Å². The number of rotatable bonds is 6. The highest BCUT2D eigenvalue weighted by molar-refractivity contribution is 5.76. The summed E-state index contributed by atoms with van der Waals surface area (Å²) in [6.07, 6.45) is 0.260. The zero-order chi connectivity index (χ0) is 13.5. The zero-order valence-electron chi connectivity index (χ0n) is 10.2. The number of hydrogen-bond donors (Lipinski definition) is 2. The van der Waals surface area contributed by atoms with Crippen molar-refractivity contribution in [1.82, 2.24) is 5.32 Å². The largest absolute Gasteiger partial charge is 0.393 e. The highest BCUT2D eigenvalue weighted by atomic mass is 19.1. The molecule has 5 heteroatoms. The lowest BCUT2D eigenvalue weighted by molar-refractivity contribution is -0.121. The molecule has 0 radical (unpaired) electrons. The van der Waals surface area contributed by atoms with Crippen LogP contribution in [0, 0.1) is 11.6 Å². The second kappa shape index (κ2) is 7.06. The Morgan fingerprint density at radius 2 is 2.17 bits per heavy atom. The molecule has 0 aliphatic heterocycles. The lowest BCUT2D eigenvalue weighted by atomic mass is 10.1. The summed E-state index contributed by atoms with van der Waals surface area (Å²) >= 11 is 0. The van der Waals surface area contributed by atoms with Gasteiger partial charge in [0, 0.05) is 13.0 Å². The van der Waals surface area contributed by atoms with E-state index in [0.717, 1.165) is 18.2 Å². The van der Waals surface area contributed by atoms with Crippen molar-refractivity contribution in [2.75, 3.05) is 6.54 Å². The maximum atomic E-state index is 13.2. The summed E-state index contributed by atoms with van der Waals surface area (Å²) in [5.41, 5.74) is 0.195. The molecule has 0 aromatic heterocycles. The summed E-state index contributed by atoms with van der Waals surface area (Å²) < 4.78 is 26.1. The second-order valence-corrected chi connectivity index (χ2v) is 4.22. The fourth-order valence-corrected chi connectivity index (χ4v) is 1.49. The first-order valence-corrected chi connectivity index (χ1v) is 5.87. The van der Waals surface area contributed by atoms with E-state index in [0.29, 0.717) is 13.0 Å². The molecule has 1 atom stereocenters. The van der Waals surface area contributed by atoms with Crippen molar-refractivity contribution >= 4 is 5.91 Å². The summed E-state index contributed by atoms with van der Waals surface area (Å²) in [5, 5.41) is 11.6. The Hall–Kier alpha value is -1.49. The lowest BCUT2D eigenvalue weighted by Gasteiger charge is -2.07. The first-order valence-electron chi connectivity index (χ1n) is 5.87. The molecular formula is C13H17F2NO2. The standard InChI is InChI=1S/C13H17F2NO2/c1-9(17)6-7-16-13(18)5-2-10-8-11(14)3-4-12(10)15/h3-4,8-9,17H,2,5-7H2,1H3,(H,16,18). The van der Waals surface area contributed by atoms with E-state index in [9.17, 15) is 13.6 Å². The first-order chi connectivity index (χ1) is 8.49. The third-order valence-corrected chi connectivity index (χ3v) is 2.51. The molecule has 100 valence electrons. The Kier molecular flexibility index (Phi) is 5.71. The molecule has 0 fully saturated rings. The molecule has 1 amide bonds. The fourth-order valence-electron chi connectivity index (χ4n) is 1.49. The number of carbonyl (C=O) groups is 1. The smallest absolute Gasteiger partial charge is 0.220 e. The maximum Gasteiger partial charge on any atom is 0.220 e. The average molecular weight is 257 g/mol. The van der Waals surface area contributed by atoms with E-state index < -0.39 is 17.7 Å². The highest BCUT2D eigenvalue weighted by Crippen LogP contribution is 2.11. The van der Waals surface area contributed by atoms with Crippen molar-refractivity contribution in [1.29, 1.82) is 0 Å². The Balaban J connectivity index is 2.36. The zero-order valence-corrected chi connectivity index (χ0v) is 10.2. The normalized spacial score (nSPS) is 12.2. The molecule has 0 aliphatic rings. The fraction of sp³-hybridized carbons (Fsp3) is 0.462. The van der Waals surface area contributed by atoms with Gasteiger partial charge in [0.05, 0.1) is 6.10 Å². The van der Waals surface area contributed by atoms with E-state index in [1.165, 1.54) is 0 Å². The van der Waals surface area contributed by atoms with Gasteiger partial charge in [0.2, 0.25) is 5.91 Å². The van der Waals surface area contributed by atoms with Crippen molar-refractivity contribution in [2.24, 2.45) is 0 Å². The Labute approximate surface area is 105 Å². The predicted octanol–water partition coefficient (Wildman–Crippen LogP) is 1.78. The second-order valence-electron chi connectivity index (χ2n) is 4.22. The van der Waals surface area contributed by atoms with Gasteiger partial charge in [-0.2, -0.15) is 0 Å². The quantitative estimate of drug-likeness (QED) is 0.816. The Morgan fingerprint density at radius 1 is 1.44 bits per heavy atom. The van der Waals surface area contributed by atoms with Gasteiger partial charge in [-0.15, -0.1) is 0 Å². The van der Waals surface area contributed by atoms with Crippen LogP contribution in [0.1, 0.15) is 25.3 Å². The van der Waals surface area contributed by atoms with Gasteiger partial charge in [-0.1, -0.05) is 0 Å². The van der Waals surface area contributed by atoms with E-state index >= 15 is 0 Å². The number of benzene rings is 1. The minimum absolute atomic E-state index is 0.0974. The number of aliphatic hydroxyl groups is 1. The van der Waals surface area contributed by atoms with Crippen LogP contribution >= 0.6 is 0 Å². The topological polar surface area (TPSA) is 49.3 Å². The van der Waals surface area contributed by atoms with Crippen molar-refractivity contribution in [3.63, 3.8) is 0 Å². The summed E-state index contributed by atoms with van der Waals surface area (Å²) in [7, 11) is 0. The van der Waals surface area contributed by atoms with Gasteiger partial charge in [0.1, 0.15) is 11.6 Å². The van der Waals surface area contributed by atoms with Crippen LogP contribution < -0.4 is 5.32 Å². The average Bonchev–Trinajstić information content (AvgIpc) is 2.30. The van der Waals surface area contributed by atoms with Gasteiger partial charge in [0.25, 0.3) is 0 Å². The van der Waals surface area contributed by atoms with Crippen LogP contribution in [0.4, 0.5) is 8.78 Å². The van der Waals surface area contributed by atoms with Gasteiger partial charge >= 0.3 is 0 Å². The number of aryl methyl sites for hydroxylation is 1. The minimum Gasteiger partial charge on any atom is -0.393 e.